The number of esters is 1. The summed E-state index contributed by atoms with van der Waals surface area (Å²) in [5.41, 5.74) is 0. The average Bonchev–Trinajstić information content (AvgIpc) is 2.20. The molecule has 0 radical (unpaired) electrons. The van der Waals surface area contributed by atoms with Gasteiger partial charge in [-0.25, -0.2) is 0 Å². The summed E-state index contributed by atoms with van der Waals surface area (Å²) >= 11 is 0. The van der Waals surface area contributed by atoms with Crippen LogP contribution < -0.4 is 0 Å². The lowest BCUT2D eigenvalue weighted by Gasteiger charge is -2.38. The number of unbranched alkanes of at least 4 members (excludes halogenated alkanes) is 2. The third-order valence-corrected chi connectivity index (χ3v) is 8.47. The molecule has 0 heterocycles. The molecule has 0 rings (SSSR count). The van der Waals surface area contributed by atoms with Gasteiger partial charge in [0.2, 0.25) is 0 Å². The van der Waals surface area contributed by atoms with Gasteiger partial charge in [0.25, 0.3) is 0 Å². The second kappa shape index (κ2) is 8.05. The molecule has 19 heavy (non-hydrogen) atoms. The van der Waals surface area contributed by atoms with Gasteiger partial charge in [-0.1, -0.05) is 27.2 Å². The molecule has 1 unspecified atom stereocenters. The Bertz CT molecular complexity index is 269. The molecule has 0 aliphatic rings. The van der Waals surface area contributed by atoms with E-state index in [0.29, 0.717) is 12.7 Å². The molecule has 0 aliphatic carbocycles. The highest BCUT2D eigenvalue weighted by molar-refractivity contribution is 6.74. The number of ether oxygens (including phenoxy) is 1. The fraction of sp³-hybridized carbons (Fsp3) is 0.933. The Hall–Kier alpha value is -0.353. The Labute approximate surface area is 120 Å². The van der Waals surface area contributed by atoms with Gasteiger partial charge in [0.1, 0.15) is 0 Å². The molecular weight excluding hydrogens is 256 g/mol. The topological polar surface area (TPSA) is 35.5 Å². The lowest BCUT2D eigenvalue weighted by molar-refractivity contribution is -0.141. The standard InChI is InChI=1S/C15H32O3Si/c1-13(18-19(6,7)15(3,4)5)11-9-8-10-12-17-14(2)16/h13H,8-12H2,1-7H3. The SMILES string of the molecule is CC(=O)OCCCCCC(C)O[Si](C)(C)C(C)(C)C. The minimum absolute atomic E-state index is 0.186. The molecule has 0 aromatic carbocycles. The van der Waals surface area contributed by atoms with Crippen molar-refractivity contribution in [2.45, 2.75) is 84.5 Å². The molecule has 1 atom stereocenters. The van der Waals surface area contributed by atoms with Crippen LogP contribution in [-0.4, -0.2) is 27.0 Å². The highest BCUT2D eigenvalue weighted by Crippen LogP contribution is 2.37. The van der Waals surface area contributed by atoms with Crippen LogP contribution in [0.4, 0.5) is 0 Å². The fourth-order valence-electron chi connectivity index (χ4n) is 1.67. The van der Waals surface area contributed by atoms with Crippen LogP contribution in [0.3, 0.4) is 0 Å². The van der Waals surface area contributed by atoms with Crippen LogP contribution in [0.15, 0.2) is 0 Å². The molecule has 0 aromatic rings. The van der Waals surface area contributed by atoms with E-state index in [0.717, 1.165) is 25.7 Å². The van der Waals surface area contributed by atoms with E-state index < -0.39 is 8.32 Å². The molecule has 0 spiro atoms. The minimum Gasteiger partial charge on any atom is -0.466 e. The lowest BCUT2D eigenvalue weighted by atomic mass is 10.1. The fourth-order valence-corrected chi connectivity index (χ4v) is 3.14. The zero-order valence-electron chi connectivity index (χ0n) is 13.8. The van der Waals surface area contributed by atoms with Gasteiger partial charge < -0.3 is 9.16 Å². The summed E-state index contributed by atoms with van der Waals surface area (Å²) < 4.78 is 11.2. The van der Waals surface area contributed by atoms with Crippen LogP contribution in [0, 0.1) is 0 Å². The van der Waals surface area contributed by atoms with Crippen LogP contribution in [0.25, 0.3) is 0 Å². The van der Waals surface area contributed by atoms with Gasteiger partial charge in [0.15, 0.2) is 8.32 Å². The Kier molecular flexibility index (Phi) is 7.90. The second-order valence-corrected chi connectivity index (χ2v) is 11.6. The molecular formula is C15H32O3Si. The predicted molar refractivity (Wildman–Crippen MR) is 82.8 cm³/mol. The van der Waals surface area contributed by atoms with Crippen molar-refractivity contribution in [1.29, 1.82) is 0 Å². The maximum absolute atomic E-state index is 10.6. The van der Waals surface area contributed by atoms with E-state index in [4.69, 9.17) is 9.16 Å². The van der Waals surface area contributed by atoms with Gasteiger partial charge in [0.05, 0.1) is 6.61 Å². The summed E-state index contributed by atoms with van der Waals surface area (Å²) in [6.07, 6.45) is 4.60. The molecule has 0 N–H and O–H groups in total. The van der Waals surface area contributed by atoms with E-state index in [1.54, 1.807) is 0 Å². The van der Waals surface area contributed by atoms with Gasteiger partial charge >= 0.3 is 5.97 Å². The predicted octanol–water partition coefficient (Wildman–Crippen LogP) is 4.52. The molecule has 4 heteroatoms. The quantitative estimate of drug-likeness (QED) is 0.374. The first-order valence-corrected chi connectivity index (χ1v) is 10.3. The first-order valence-electron chi connectivity index (χ1n) is 7.37. The van der Waals surface area contributed by atoms with Crippen LogP contribution >= 0.6 is 0 Å². The van der Waals surface area contributed by atoms with Crippen molar-refractivity contribution in [1.82, 2.24) is 0 Å². The highest BCUT2D eigenvalue weighted by atomic mass is 28.4. The number of hydrogen-bond acceptors (Lipinski definition) is 3. The van der Waals surface area contributed by atoms with Gasteiger partial charge in [-0.05, 0) is 44.3 Å². The van der Waals surface area contributed by atoms with E-state index in [-0.39, 0.29) is 11.0 Å². The lowest BCUT2D eigenvalue weighted by Crippen LogP contribution is -2.43. The summed E-state index contributed by atoms with van der Waals surface area (Å²) in [4.78, 5) is 10.6. The van der Waals surface area contributed by atoms with E-state index >= 15 is 0 Å². The number of carbonyl (C=O) groups is 1. The van der Waals surface area contributed by atoms with Crippen molar-refractivity contribution in [2.75, 3.05) is 6.61 Å². The van der Waals surface area contributed by atoms with Crippen molar-refractivity contribution < 1.29 is 14.0 Å². The van der Waals surface area contributed by atoms with E-state index in [1.807, 2.05) is 0 Å². The highest BCUT2D eigenvalue weighted by Gasteiger charge is 2.38. The monoisotopic (exact) mass is 288 g/mol. The Morgan fingerprint density at radius 3 is 2.21 bits per heavy atom. The molecule has 3 nitrogen and oxygen atoms in total. The number of hydrogen-bond donors (Lipinski definition) is 0. The van der Waals surface area contributed by atoms with Crippen molar-refractivity contribution in [3.63, 3.8) is 0 Å². The van der Waals surface area contributed by atoms with Crippen molar-refractivity contribution >= 4 is 14.3 Å². The Morgan fingerprint density at radius 2 is 1.74 bits per heavy atom. The van der Waals surface area contributed by atoms with E-state index in [1.165, 1.54) is 6.92 Å². The molecule has 114 valence electrons. The second-order valence-electron chi connectivity index (χ2n) is 6.88. The first kappa shape index (κ1) is 18.6. The smallest absolute Gasteiger partial charge is 0.302 e. The maximum atomic E-state index is 10.6. The van der Waals surface area contributed by atoms with Crippen LogP contribution in [0.5, 0.6) is 0 Å². The van der Waals surface area contributed by atoms with Gasteiger partial charge in [-0.3, -0.25) is 4.79 Å². The third-order valence-electron chi connectivity index (χ3n) is 3.86. The van der Waals surface area contributed by atoms with Crippen molar-refractivity contribution in [2.24, 2.45) is 0 Å². The third kappa shape index (κ3) is 8.42. The normalized spacial score (nSPS) is 14.3. The van der Waals surface area contributed by atoms with Crippen LogP contribution in [-0.2, 0) is 14.0 Å². The summed E-state index contributed by atoms with van der Waals surface area (Å²) in [5, 5.41) is 0.274. The van der Waals surface area contributed by atoms with Gasteiger partial charge in [0, 0.05) is 13.0 Å². The maximum Gasteiger partial charge on any atom is 0.302 e. The molecule has 0 amide bonds. The zero-order chi connectivity index (χ0) is 15.1. The van der Waals surface area contributed by atoms with Crippen molar-refractivity contribution in [3.8, 4) is 0 Å². The molecule has 0 saturated heterocycles. The Balaban J connectivity index is 3.76. The first-order chi connectivity index (χ1) is 8.56. The molecule has 0 fully saturated rings. The number of carbonyl (C=O) groups excluding carboxylic acids is 1. The van der Waals surface area contributed by atoms with Crippen LogP contribution in [0.2, 0.25) is 18.1 Å². The zero-order valence-corrected chi connectivity index (χ0v) is 14.8. The summed E-state index contributed by atoms with van der Waals surface area (Å²) in [6.45, 7) is 15.6. The van der Waals surface area contributed by atoms with E-state index in [9.17, 15) is 4.79 Å². The molecule has 0 saturated carbocycles. The largest absolute Gasteiger partial charge is 0.466 e. The molecule has 0 aliphatic heterocycles. The van der Waals surface area contributed by atoms with Crippen LogP contribution in [0.1, 0.15) is 60.3 Å². The average molecular weight is 289 g/mol. The minimum atomic E-state index is -1.63. The number of rotatable bonds is 8. The summed E-state index contributed by atoms with van der Waals surface area (Å²) in [5.74, 6) is -0.186. The van der Waals surface area contributed by atoms with Gasteiger partial charge in [-0.2, -0.15) is 0 Å². The molecule has 0 bridgehead atoms. The van der Waals surface area contributed by atoms with E-state index in [2.05, 4.69) is 40.8 Å². The van der Waals surface area contributed by atoms with Crippen molar-refractivity contribution in [3.05, 3.63) is 0 Å². The molecule has 0 aromatic heterocycles. The Morgan fingerprint density at radius 1 is 1.16 bits per heavy atom. The summed E-state index contributed by atoms with van der Waals surface area (Å²) in [7, 11) is -1.63. The van der Waals surface area contributed by atoms with Gasteiger partial charge in [-0.15, -0.1) is 0 Å². The summed E-state index contributed by atoms with van der Waals surface area (Å²) in [6, 6.07) is 0.